The van der Waals surface area contributed by atoms with Crippen LogP contribution in [0.15, 0.2) is 12.5 Å². The lowest BCUT2D eigenvalue weighted by atomic mass is 10.1. The highest BCUT2D eigenvalue weighted by Crippen LogP contribution is 2.20. The van der Waals surface area contributed by atoms with E-state index in [1.54, 1.807) is 0 Å². The molecule has 2 heterocycles. The number of carboxylic acids is 3. The van der Waals surface area contributed by atoms with Crippen LogP contribution in [0.1, 0.15) is 37.8 Å². The molecule has 0 aromatic carbocycles. The summed E-state index contributed by atoms with van der Waals surface area (Å²) in [6.07, 6.45) is 1.85. The van der Waals surface area contributed by atoms with Crippen LogP contribution in [0.3, 0.4) is 0 Å². The lowest BCUT2D eigenvalue weighted by Crippen LogP contribution is -2.57. The van der Waals surface area contributed by atoms with Crippen LogP contribution < -0.4 is 16.4 Å². The Hall–Kier alpha value is -4.01. The van der Waals surface area contributed by atoms with Crippen molar-refractivity contribution in [1.82, 2.24) is 25.5 Å². The lowest BCUT2D eigenvalue weighted by Gasteiger charge is -2.29. The Bertz CT molecular complexity index is 951. The van der Waals surface area contributed by atoms with Gasteiger partial charge in [0, 0.05) is 31.3 Å². The van der Waals surface area contributed by atoms with Crippen molar-refractivity contribution >= 4 is 35.6 Å². The van der Waals surface area contributed by atoms with E-state index in [1.165, 1.54) is 12.5 Å². The van der Waals surface area contributed by atoms with E-state index < -0.39 is 72.6 Å². The zero-order valence-electron chi connectivity index (χ0n) is 18.7. The van der Waals surface area contributed by atoms with Crippen molar-refractivity contribution in [3.8, 4) is 0 Å². The van der Waals surface area contributed by atoms with Gasteiger partial charge in [-0.3, -0.25) is 24.0 Å². The van der Waals surface area contributed by atoms with Gasteiger partial charge in [-0.2, -0.15) is 0 Å². The summed E-state index contributed by atoms with van der Waals surface area (Å²) in [4.78, 5) is 79.5. The fourth-order valence-corrected chi connectivity index (χ4v) is 3.67. The molecule has 8 N–H and O–H groups in total. The second-order valence-electron chi connectivity index (χ2n) is 8.07. The molecule has 1 aromatic rings. The van der Waals surface area contributed by atoms with E-state index in [2.05, 4.69) is 20.6 Å². The van der Waals surface area contributed by atoms with Crippen molar-refractivity contribution < 1.29 is 44.1 Å². The summed E-state index contributed by atoms with van der Waals surface area (Å²) in [7, 11) is 0. The van der Waals surface area contributed by atoms with Gasteiger partial charge in [-0.05, 0) is 19.3 Å². The highest BCUT2D eigenvalue weighted by molar-refractivity contribution is 5.95. The number of rotatable bonds is 13. The number of aliphatic carboxylic acids is 3. The molecule has 4 unspecified atom stereocenters. The van der Waals surface area contributed by atoms with Crippen molar-refractivity contribution in [2.24, 2.45) is 5.73 Å². The van der Waals surface area contributed by atoms with Gasteiger partial charge in [0.1, 0.15) is 18.1 Å². The first-order valence-electron chi connectivity index (χ1n) is 10.8. The number of likely N-dealkylation sites (tertiary alicyclic amines) is 1. The minimum absolute atomic E-state index is 0.0689. The maximum absolute atomic E-state index is 13.2. The second kappa shape index (κ2) is 12.5. The summed E-state index contributed by atoms with van der Waals surface area (Å²) in [6.45, 7) is 0.121. The molecule has 0 bridgehead atoms. The first-order valence-corrected chi connectivity index (χ1v) is 10.8. The summed E-state index contributed by atoms with van der Waals surface area (Å²) in [5.41, 5.74) is 6.01. The molecule has 4 atom stereocenters. The van der Waals surface area contributed by atoms with Gasteiger partial charge in [-0.15, -0.1) is 0 Å². The number of H-pyrrole nitrogens is 1. The first-order chi connectivity index (χ1) is 16.5. The van der Waals surface area contributed by atoms with Gasteiger partial charge in [0.15, 0.2) is 0 Å². The Morgan fingerprint density at radius 3 is 2.40 bits per heavy atom. The van der Waals surface area contributed by atoms with Crippen molar-refractivity contribution in [1.29, 1.82) is 0 Å². The number of amides is 3. The molecule has 35 heavy (non-hydrogen) atoms. The molecule has 192 valence electrons. The van der Waals surface area contributed by atoms with E-state index in [0.29, 0.717) is 12.1 Å². The van der Waals surface area contributed by atoms with Crippen LogP contribution in [0, 0.1) is 0 Å². The number of carboxylic acid groups (broad SMARTS) is 3. The van der Waals surface area contributed by atoms with Crippen LogP contribution in [-0.4, -0.2) is 96.5 Å². The zero-order valence-corrected chi connectivity index (χ0v) is 18.7. The SMILES string of the molecule is NC(CC(=O)O)C(=O)NC(CCC(=O)O)C(=O)N1CCCC1C(=O)NC(Cc1cnc[nH]1)C(=O)O. The number of nitrogens with zero attached hydrogens (tertiary/aromatic N) is 2. The molecule has 15 nitrogen and oxygen atoms in total. The maximum atomic E-state index is 13.2. The molecule has 1 fully saturated rings. The minimum atomic E-state index is -1.47. The van der Waals surface area contributed by atoms with Gasteiger partial charge in [-0.1, -0.05) is 0 Å². The number of aromatic amines is 1. The van der Waals surface area contributed by atoms with Crippen LogP contribution in [0.5, 0.6) is 0 Å². The monoisotopic (exact) mass is 496 g/mol. The molecule has 0 saturated carbocycles. The molecule has 0 spiro atoms. The fourth-order valence-electron chi connectivity index (χ4n) is 3.67. The Morgan fingerprint density at radius 1 is 1.11 bits per heavy atom. The molecule has 1 saturated heterocycles. The summed E-state index contributed by atoms with van der Waals surface area (Å²) >= 11 is 0. The van der Waals surface area contributed by atoms with Crippen LogP contribution in [-0.2, 0) is 35.2 Å². The van der Waals surface area contributed by atoms with E-state index in [0.717, 1.165) is 4.90 Å². The number of nitrogens with one attached hydrogen (secondary N) is 3. The predicted octanol–water partition coefficient (Wildman–Crippen LogP) is -2.34. The summed E-state index contributed by atoms with van der Waals surface area (Å²) in [6, 6.07) is -5.17. The average Bonchev–Trinajstić information content (AvgIpc) is 3.46. The molecule has 1 aliphatic rings. The van der Waals surface area contributed by atoms with Crippen LogP contribution >= 0.6 is 0 Å². The number of aromatic nitrogens is 2. The number of nitrogens with two attached hydrogens (primary N) is 1. The van der Waals surface area contributed by atoms with Crippen molar-refractivity contribution in [3.63, 3.8) is 0 Å². The van der Waals surface area contributed by atoms with Crippen LogP contribution in [0.4, 0.5) is 0 Å². The normalized spacial score (nSPS) is 17.7. The third kappa shape index (κ3) is 8.06. The molecular formula is C20H28N6O9. The molecule has 2 rings (SSSR count). The van der Waals surface area contributed by atoms with Crippen LogP contribution in [0.25, 0.3) is 0 Å². The quantitative estimate of drug-likeness (QED) is 0.152. The van der Waals surface area contributed by atoms with Gasteiger partial charge in [0.25, 0.3) is 0 Å². The standard InChI is InChI=1S/C20H28N6O9/c21-11(7-16(29)30)17(31)24-12(3-4-15(27)28)19(33)26-5-1-2-14(26)18(32)25-13(20(34)35)6-10-8-22-9-23-10/h8-9,11-14H,1-7,21H2,(H,22,23)(H,24,31)(H,25,32)(H,27,28)(H,29,30)(H,34,35). The third-order valence-corrected chi connectivity index (χ3v) is 5.42. The topological polar surface area (TPSA) is 245 Å². The Labute approximate surface area is 199 Å². The lowest BCUT2D eigenvalue weighted by molar-refractivity contribution is -0.145. The predicted molar refractivity (Wildman–Crippen MR) is 116 cm³/mol. The van der Waals surface area contributed by atoms with Crippen molar-refractivity contribution in [2.75, 3.05) is 6.54 Å². The second-order valence-corrected chi connectivity index (χ2v) is 8.07. The number of hydrogen-bond acceptors (Lipinski definition) is 8. The van der Waals surface area contributed by atoms with E-state index in [-0.39, 0.29) is 25.8 Å². The van der Waals surface area contributed by atoms with Gasteiger partial charge in [0.05, 0.1) is 18.8 Å². The molecule has 3 amide bonds. The highest BCUT2D eigenvalue weighted by Gasteiger charge is 2.39. The van der Waals surface area contributed by atoms with Gasteiger partial charge in [-0.25, -0.2) is 9.78 Å². The fraction of sp³-hybridized carbons (Fsp3) is 0.550. The smallest absolute Gasteiger partial charge is 0.326 e. The Morgan fingerprint density at radius 2 is 1.83 bits per heavy atom. The Balaban J connectivity index is 2.12. The average molecular weight is 496 g/mol. The number of hydrogen-bond donors (Lipinski definition) is 7. The molecule has 15 heteroatoms. The zero-order chi connectivity index (χ0) is 26.1. The number of imidazole rings is 1. The largest absolute Gasteiger partial charge is 0.481 e. The van der Waals surface area contributed by atoms with Crippen LogP contribution in [0.2, 0.25) is 0 Å². The first kappa shape index (κ1) is 27.2. The summed E-state index contributed by atoms with van der Waals surface area (Å²) in [5, 5.41) is 32.0. The van der Waals surface area contributed by atoms with Gasteiger partial charge in [0.2, 0.25) is 17.7 Å². The summed E-state index contributed by atoms with van der Waals surface area (Å²) < 4.78 is 0. The van der Waals surface area contributed by atoms with Gasteiger partial charge < -0.3 is 41.6 Å². The maximum Gasteiger partial charge on any atom is 0.326 e. The highest BCUT2D eigenvalue weighted by atomic mass is 16.4. The molecular weight excluding hydrogens is 468 g/mol. The number of carbonyl (C=O) groups excluding carboxylic acids is 3. The molecule has 0 radical (unpaired) electrons. The van der Waals surface area contributed by atoms with E-state index in [4.69, 9.17) is 15.9 Å². The number of carbonyl (C=O) groups is 6. The third-order valence-electron chi connectivity index (χ3n) is 5.42. The molecule has 1 aliphatic heterocycles. The molecule has 1 aromatic heterocycles. The molecule has 0 aliphatic carbocycles. The summed E-state index contributed by atoms with van der Waals surface area (Å²) in [5.74, 6) is -6.27. The van der Waals surface area contributed by atoms with Crippen molar-refractivity contribution in [2.45, 2.75) is 62.7 Å². The van der Waals surface area contributed by atoms with Crippen molar-refractivity contribution in [3.05, 3.63) is 18.2 Å². The Kier molecular flexibility index (Phi) is 9.69. The van der Waals surface area contributed by atoms with E-state index in [1.807, 2.05) is 0 Å². The van der Waals surface area contributed by atoms with Gasteiger partial charge >= 0.3 is 17.9 Å². The van der Waals surface area contributed by atoms with E-state index >= 15 is 0 Å². The minimum Gasteiger partial charge on any atom is -0.481 e. The van der Waals surface area contributed by atoms with E-state index in [9.17, 15) is 33.9 Å².